The SMILES string of the molecule is CNC(=O)C1C2CN(C3(C(F)(F)F)CC3)CC21. The number of piperidine rings is 1. The molecule has 2 atom stereocenters. The summed E-state index contributed by atoms with van der Waals surface area (Å²) >= 11 is 0. The van der Waals surface area contributed by atoms with Gasteiger partial charge in [-0.3, -0.25) is 9.69 Å². The van der Waals surface area contributed by atoms with Crippen LogP contribution in [0.25, 0.3) is 0 Å². The lowest BCUT2D eigenvalue weighted by atomic mass is 10.1. The topological polar surface area (TPSA) is 32.3 Å². The van der Waals surface area contributed by atoms with Crippen LogP contribution in [0.2, 0.25) is 0 Å². The molecule has 1 saturated heterocycles. The van der Waals surface area contributed by atoms with E-state index >= 15 is 0 Å². The fourth-order valence-corrected chi connectivity index (χ4v) is 3.33. The van der Waals surface area contributed by atoms with Crippen molar-refractivity contribution < 1.29 is 18.0 Å². The highest BCUT2D eigenvalue weighted by atomic mass is 19.4. The summed E-state index contributed by atoms with van der Waals surface area (Å²) in [7, 11) is 1.58. The Bertz CT molecular complexity index is 352. The van der Waals surface area contributed by atoms with Gasteiger partial charge in [0.05, 0.1) is 0 Å². The van der Waals surface area contributed by atoms with Gasteiger partial charge >= 0.3 is 6.18 Å². The second-order valence-electron chi connectivity index (χ2n) is 5.40. The lowest BCUT2D eigenvalue weighted by Gasteiger charge is -2.31. The first-order valence-electron chi connectivity index (χ1n) is 5.94. The lowest BCUT2D eigenvalue weighted by molar-refractivity contribution is -0.195. The number of carbonyl (C=O) groups is 1. The van der Waals surface area contributed by atoms with Gasteiger partial charge < -0.3 is 5.32 Å². The highest BCUT2D eigenvalue weighted by Gasteiger charge is 2.71. The molecule has 1 N–H and O–H groups in total. The van der Waals surface area contributed by atoms with Crippen molar-refractivity contribution in [1.82, 2.24) is 10.2 Å². The molecule has 96 valence electrons. The molecule has 0 bridgehead atoms. The first kappa shape index (κ1) is 11.3. The lowest BCUT2D eigenvalue weighted by Crippen LogP contribution is -2.48. The normalized spacial score (nSPS) is 38.7. The molecule has 2 saturated carbocycles. The van der Waals surface area contributed by atoms with Crippen LogP contribution in [0.4, 0.5) is 13.2 Å². The summed E-state index contributed by atoms with van der Waals surface area (Å²) in [6.07, 6.45) is -3.67. The van der Waals surface area contributed by atoms with Crippen molar-refractivity contribution >= 4 is 5.91 Å². The zero-order valence-corrected chi connectivity index (χ0v) is 9.55. The molecule has 0 aromatic rings. The van der Waals surface area contributed by atoms with E-state index in [-0.39, 0.29) is 36.5 Å². The van der Waals surface area contributed by atoms with Gasteiger partial charge in [-0.05, 0) is 24.7 Å². The molecule has 6 heteroatoms. The van der Waals surface area contributed by atoms with Crippen molar-refractivity contribution in [1.29, 1.82) is 0 Å². The third kappa shape index (κ3) is 1.42. The van der Waals surface area contributed by atoms with E-state index in [1.165, 1.54) is 0 Å². The van der Waals surface area contributed by atoms with Gasteiger partial charge in [0.15, 0.2) is 0 Å². The molecule has 2 unspecified atom stereocenters. The van der Waals surface area contributed by atoms with Gasteiger partial charge in [-0.25, -0.2) is 0 Å². The van der Waals surface area contributed by atoms with E-state index < -0.39 is 11.7 Å². The van der Waals surface area contributed by atoms with Crippen molar-refractivity contribution in [3.63, 3.8) is 0 Å². The maximum atomic E-state index is 12.9. The minimum absolute atomic E-state index is 0.0171. The minimum Gasteiger partial charge on any atom is -0.359 e. The molecular formula is C11H15F3N2O. The predicted molar refractivity (Wildman–Crippen MR) is 54.1 cm³/mol. The number of halogens is 3. The van der Waals surface area contributed by atoms with Crippen LogP contribution in [-0.2, 0) is 4.79 Å². The Kier molecular flexibility index (Phi) is 2.10. The molecule has 3 aliphatic rings. The van der Waals surface area contributed by atoms with Crippen LogP contribution in [0.3, 0.4) is 0 Å². The monoisotopic (exact) mass is 248 g/mol. The standard InChI is InChI=1S/C11H15F3N2O/c1-15-9(17)8-6-4-16(5-7(6)8)10(2-3-10)11(12,13)14/h6-8H,2-5H2,1H3,(H,15,17). The molecular weight excluding hydrogens is 233 g/mol. The molecule has 17 heavy (non-hydrogen) atoms. The van der Waals surface area contributed by atoms with E-state index in [9.17, 15) is 18.0 Å². The Morgan fingerprint density at radius 3 is 2.18 bits per heavy atom. The molecule has 1 amide bonds. The van der Waals surface area contributed by atoms with E-state index in [4.69, 9.17) is 0 Å². The summed E-state index contributed by atoms with van der Waals surface area (Å²) in [5.74, 6) is 0.237. The van der Waals surface area contributed by atoms with Crippen LogP contribution in [0.15, 0.2) is 0 Å². The quantitative estimate of drug-likeness (QED) is 0.791. The zero-order chi connectivity index (χ0) is 12.4. The molecule has 0 aromatic heterocycles. The van der Waals surface area contributed by atoms with Crippen LogP contribution in [0, 0.1) is 17.8 Å². The summed E-state index contributed by atoms with van der Waals surface area (Å²) in [6.45, 7) is 0.866. The smallest absolute Gasteiger partial charge is 0.359 e. The van der Waals surface area contributed by atoms with E-state index in [1.807, 2.05) is 0 Å². The van der Waals surface area contributed by atoms with Crippen LogP contribution in [0.1, 0.15) is 12.8 Å². The molecule has 3 fully saturated rings. The molecule has 0 radical (unpaired) electrons. The molecule has 3 nitrogen and oxygen atoms in total. The van der Waals surface area contributed by atoms with Crippen molar-refractivity contribution in [2.24, 2.45) is 17.8 Å². The van der Waals surface area contributed by atoms with Crippen molar-refractivity contribution in [2.45, 2.75) is 24.6 Å². The Hall–Kier alpha value is -0.780. The van der Waals surface area contributed by atoms with E-state index in [2.05, 4.69) is 5.32 Å². The number of carbonyl (C=O) groups excluding carboxylic acids is 1. The third-order valence-electron chi connectivity index (χ3n) is 4.60. The van der Waals surface area contributed by atoms with Gasteiger partial charge in [0.25, 0.3) is 0 Å². The molecule has 1 aliphatic heterocycles. The van der Waals surface area contributed by atoms with Gasteiger partial charge in [0.2, 0.25) is 5.91 Å². The molecule has 2 aliphatic carbocycles. The summed E-state index contributed by atoms with van der Waals surface area (Å²) in [6, 6.07) is 0. The van der Waals surface area contributed by atoms with Crippen LogP contribution in [-0.4, -0.2) is 42.7 Å². The largest absolute Gasteiger partial charge is 0.406 e. The minimum atomic E-state index is -4.12. The van der Waals surface area contributed by atoms with Gasteiger partial charge in [0, 0.05) is 26.1 Å². The maximum Gasteiger partial charge on any atom is 0.406 e. The number of amides is 1. The van der Waals surface area contributed by atoms with Crippen LogP contribution < -0.4 is 5.32 Å². The third-order valence-corrected chi connectivity index (χ3v) is 4.60. The van der Waals surface area contributed by atoms with Gasteiger partial charge in [-0.15, -0.1) is 0 Å². The molecule has 0 spiro atoms. The molecule has 0 aromatic carbocycles. The number of likely N-dealkylation sites (tertiary alicyclic amines) is 1. The number of rotatable bonds is 2. The molecule has 3 rings (SSSR count). The van der Waals surface area contributed by atoms with E-state index in [0.717, 1.165) is 0 Å². The molecule has 1 heterocycles. The number of nitrogens with one attached hydrogen (secondary N) is 1. The Morgan fingerprint density at radius 2 is 1.82 bits per heavy atom. The van der Waals surface area contributed by atoms with Gasteiger partial charge in [-0.2, -0.15) is 13.2 Å². The fraction of sp³-hybridized carbons (Fsp3) is 0.909. The number of nitrogens with zero attached hydrogens (tertiary/aromatic N) is 1. The first-order valence-corrected chi connectivity index (χ1v) is 5.94. The predicted octanol–water partition coefficient (Wildman–Crippen LogP) is 1.01. The summed E-state index contributed by atoms with van der Waals surface area (Å²) in [4.78, 5) is 13.0. The second-order valence-corrected chi connectivity index (χ2v) is 5.40. The number of hydrogen-bond donors (Lipinski definition) is 1. The average Bonchev–Trinajstić information content (AvgIpc) is 3.14. The van der Waals surface area contributed by atoms with Crippen molar-refractivity contribution in [3.05, 3.63) is 0 Å². The second kappa shape index (κ2) is 3.16. The van der Waals surface area contributed by atoms with Crippen molar-refractivity contribution in [2.75, 3.05) is 20.1 Å². The average molecular weight is 248 g/mol. The summed E-state index contributed by atoms with van der Waals surface area (Å²) < 4.78 is 38.7. The number of fused-ring (bicyclic) bond motifs is 1. The van der Waals surface area contributed by atoms with Crippen LogP contribution in [0.5, 0.6) is 0 Å². The highest BCUT2D eigenvalue weighted by Crippen LogP contribution is 2.60. The van der Waals surface area contributed by atoms with Crippen molar-refractivity contribution in [3.8, 4) is 0 Å². The first-order chi connectivity index (χ1) is 7.90. The summed E-state index contributed by atoms with van der Waals surface area (Å²) in [5.41, 5.74) is -1.55. The van der Waals surface area contributed by atoms with E-state index in [0.29, 0.717) is 13.1 Å². The Labute approximate surface area is 97.3 Å². The van der Waals surface area contributed by atoms with Gasteiger partial charge in [-0.1, -0.05) is 0 Å². The fourth-order valence-electron chi connectivity index (χ4n) is 3.33. The summed E-state index contributed by atoms with van der Waals surface area (Å²) in [5, 5.41) is 2.58. The maximum absolute atomic E-state index is 12.9. The number of alkyl halides is 3. The Morgan fingerprint density at radius 1 is 1.29 bits per heavy atom. The van der Waals surface area contributed by atoms with Gasteiger partial charge in [0.1, 0.15) is 5.54 Å². The Balaban J connectivity index is 1.65. The zero-order valence-electron chi connectivity index (χ0n) is 9.55. The number of hydrogen-bond acceptors (Lipinski definition) is 2. The highest BCUT2D eigenvalue weighted by molar-refractivity contribution is 5.82. The van der Waals surface area contributed by atoms with E-state index in [1.54, 1.807) is 11.9 Å². The van der Waals surface area contributed by atoms with Crippen LogP contribution >= 0.6 is 0 Å².